The van der Waals surface area contributed by atoms with Crippen molar-refractivity contribution in [1.82, 2.24) is 5.32 Å². The van der Waals surface area contributed by atoms with Crippen LogP contribution in [0.1, 0.15) is 37.8 Å². The number of fused-ring (bicyclic) bond motifs is 1. The Balaban J connectivity index is 2.12. The highest BCUT2D eigenvalue weighted by Crippen LogP contribution is 2.23. The largest absolute Gasteiger partial charge is 0.464 e. The summed E-state index contributed by atoms with van der Waals surface area (Å²) in [6.07, 6.45) is 6.14. The number of aryl methyl sites for hydroxylation is 1. The average molecular weight is 259 g/mol. The standard InChI is InChI=1S/C16H21NO2/c1-3-4-5-13-6-7-16-15(10-13)14(11-19-16)8-9-17-12(2)18/h6-7,10-11H,3-5,8-9H2,1-2H3,(H,17,18). The van der Waals surface area contributed by atoms with Crippen molar-refractivity contribution in [2.45, 2.75) is 39.5 Å². The number of carbonyl (C=O) groups is 1. The van der Waals surface area contributed by atoms with Gasteiger partial charge in [-0.15, -0.1) is 0 Å². The highest BCUT2D eigenvalue weighted by atomic mass is 16.3. The molecule has 0 fully saturated rings. The average Bonchev–Trinajstić information content (AvgIpc) is 2.79. The molecule has 3 nitrogen and oxygen atoms in total. The number of unbranched alkanes of at least 4 members (excludes halogenated alkanes) is 1. The SMILES string of the molecule is CCCCc1ccc2occ(CCNC(C)=O)c2c1. The topological polar surface area (TPSA) is 42.2 Å². The van der Waals surface area contributed by atoms with Crippen LogP contribution in [-0.4, -0.2) is 12.5 Å². The van der Waals surface area contributed by atoms with Gasteiger partial charge in [-0.2, -0.15) is 0 Å². The third-order valence-corrected chi connectivity index (χ3v) is 3.31. The van der Waals surface area contributed by atoms with Gasteiger partial charge in [0.15, 0.2) is 0 Å². The normalized spacial score (nSPS) is 10.8. The van der Waals surface area contributed by atoms with Crippen LogP contribution in [-0.2, 0) is 17.6 Å². The molecule has 19 heavy (non-hydrogen) atoms. The molecule has 0 radical (unpaired) electrons. The van der Waals surface area contributed by atoms with E-state index in [1.54, 1.807) is 6.26 Å². The summed E-state index contributed by atoms with van der Waals surface area (Å²) in [6, 6.07) is 6.40. The summed E-state index contributed by atoms with van der Waals surface area (Å²) in [6.45, 7) is 4.40. The second-order valence-corrected chi connectivity index (χ2v) is 4.93. The van der Waals surface area contributed by atoms with Crippen LogP contribution in [0.25, 0.3) is 11.0 Å². The fraction of sp³-hybridized carbons (Fsp3) is 0.438. The van der Waals surface area contributed by atoms with Crippen molar-refractivity contribution in [3.63, 3.8) is 0 Å². The number of nitrogens with one attached hydrogen (secondary N) is 1. The molecule has 0 aliphatic carbocycles. The Morgan fingerprint density at radius 2 is 2.16 bits per heavy atom. The first kappa shape index (κ1) is 13.7. The molecule has 2 rings (SSSR count). The minimum atomic E-state index is 0.0106. The lowest BCUT2D eigenvalue weighted by Gasteiger charge is -2.02. The van der Waals surface area contributed by atoms with Gasteiger partial charge in [0.1, 0.15) is 5.58 Å². The predicted octanol–water partition coefficient (Wildman–Crippen LogP) is 3.45. The lowest BCUT2D eigenvalue weighted by Crippen LogP contribution is -2.22. The van der Waals surface area contributed by atoms with Crippen molar-refractivity contribution in [3.05, 3.63) is 35.6 Å². The number of rotatable bonds is 6. The molecule has 0 bridgehead atoms. The third kappa shape index (κ3) is 3.60. The summed E-state index contributed by atoms with van der Waals surface area (Å²) in [5.74, 6) is 0.0106. The molecule has 0 unspecified atom stereocenters. The molecule has 1 aromatic carbocycles. The smallest absolute Gasteiger partial charge is 0.216 e. The van der Waals surface area contributed by atoms with Crippen molar-refractivity contribution in [3.8, 4) is 0 Å². The predicted molar refractivity (Wildman–Crippen MR) is 77.2 cm³/mol. The number of amides is 1. The summed E-state index contributed by atoms with van der Waals surface area (Å²) >= 11 is 0. The summed E-state index contributed by atoms with van der Waals surface area (Å²) in [5, 5.41) is 4.00. The van der Waals surface area contributed by atoms with Gasteiger partial charge in [-0.05, 0) is 42.5 Å². The van der Waals surface area contributed by atoms with Gasteiger partial charge >= 0.3 is 0 Å². The van der Waals surface area contributed by atoms with E-state index >= 15 is 0 Å². The Labute approximate surface area is 114 Å². The first-order chi connectivity index (χ1) is 9.20. The van der Waals surface area contributed by atoms with Crippen LogP contribution in [0.4, 0.5) is 0 Å². The highest BCUT2D eigenvalue weighted by molar-refractivity contribution is 5.82. The molecule has 0 saturated heterocycles. The first-order valence-electron chi connectivity index (χ1n) is 6.94. The van der Waals surface area contributed by atoms with Gasteiger partial charge < -0.3 is 9.73 Å². The molecule has 1 heterocycles. The number of hydrogen-bond donors (Lipinski definition) is 1. The van der Waals surface area contributed by atoms with E-state index in [-0.39, 0.29) is 5.91 Å². The van der Waals surface area contributed by atoms with Crippen molar-refractivity contribution < 1.29 is 9.21 Å². The minimum Gasteiger partial charge on any atom is -0.464 e. The summed E-state index contributed by atoms with van der Waals surface area (Å²) < 4.78 is 5.55. The van der Waals surface area contributed by atoms with E-state index in [1.165, 1.54) is 36.3 Å². The molecule has 0 aliphatic rings. The first-order valence-corrected chi connectivity index (χ1v) is 6.94. The Morgan fingerprint density at radius 3 is 2.89 bits per heavy atom. The number of benzene rings is 1. The zero-order valence-corrected chi connectivity index (χ0v) is 11.7. The van der Waals surface area contributed by atoms with E-state index < -0.39 is 0 Å². The van der Waals surface area contributed by atoms with Crippen molar-refractivity contribution in [2.75, 3.05) is 6.54 Å². The molecule has 1 N–H and O–H groups in total. The van der Waals surface area contributed by atoms with Crippen LogP contribution in [0.5, 0.6) is 0 Å². The van der Waals surface area contributed by atoms with Gasteiger partial charge in [0.25, 0.3) is 0 Å². The van der Waals surface area contributed by atoms with Crippen molar-refractivity contribution >= 4 is 16.9 Å². The summed E-state index contributed by atoms with van der Waals surface area (Å²) in [7, 11) is 0. The van der Waals surface area contributed by atoms with Crippen LogP contribution in [0.2, 0.25) is 0 Å². The number of hydrogen-bond acceptors (Lipinski definition) is 2. The van der Waals surface area contributed by atoms with Crippen LogP contribution >= 0.6 is 0 Å². The summed E-state index contributed by atoms with van der Waals surface area (Å²) in [4.78, 5) is 10.9. The molecule has 0 atom stereocenters. The fourth-order valence-electron chi connectivity index (χ4n) is 2.23. The molecular formula is C16H21NO2. The van der Waals surface area contributed by atoms with E-state index in [0.29, 0.717) is 6.54 Å². The maximum atomic E-state index is 10.9. The molecular weight excluding hydrogens is 238 g/mol. The number of carbonyl (C=O) groups excluding carboxylic acids is 1. The molecule has 3 heteroatoms. The summed E-state index contributed by atoms with van der Waals surface area (Å²) in [5.41, 5.74) is 3.46. The Morgan fingerprint density at radius 1 is 1.32 bits per heavy atom. The highest BCUT2D eigenvalue weighted by Gasteiger charge is 2.07. The fourth-order valence-corrected chi connectivity index (χ4v) is 2.23. The van der Waals surface area contributed by atoms with E-state index in [9.17, 15) is 4.79 Å². The zero-order valence-electron chi connectivity index (χ0n) is 11.7. The minimum absolute atomic E-state index is 0.0106. The van der Waals surface area contributed by atoms with Gasteiger partial charge in [-0.3, -0.25) is 4.79 Å². The van der Waals surface area contributed by atoms with Gasteiger partial charge in [0.2, 0.25) is 5.91 Å². The number of furan rings is 1. The van der Waals surface area contributed by atoms with E-state index in [4.69, 9.17) is 4.42 Å². The van der Waals surface area contributed by atoms with Crippen molar-refractivity contribution in [2.24, 2.45) is 0 Å². The van der Waals surface area contributed by atoms with Gasteiger partial charge in [-0.1, -0.05) is 19.4 Å². The van der Waals surface area contributed by atoms with Gasteiger partial charge in [0.05, 0.1) is 6.26 Å². The Bertz CT molecular complexity index is 557. The maximum absolute atomic E-state index is 10.9. The lowest BCUT2D eigenvalue weighted by atomic mass is 10.0. The quantitative estimate of drug-likeness (QED) is 0.863. The van der Waals surface area contributed by atoms with Crippen LogP contribution < -0.4 is 5.32 Å². The van der Waals surface area contributed by atoms with E-state index in [1.807, 2.05) is 6.07 Å². The molecule has 0 aliphatic heterocycles. The van der Waals surface area contributed by atoms with E-state index in [2.05, 4.69) is 24.4 Å². The zero-order chi connectivity index (χ0) is 13.7. The lowest BCUT2D eigenvalue weighted by molar-refractivity contribution is -0.118. The second-order valence-electron chi connectivity index (χ2n) is 4.93. The van der Waals surface area contributed by atoms with Gasteiger partial charge in [-0.25, -0.2) is 0 Å². The van der Waals surface area contributed by atoms with Crippen LogP contribution in [0, 0.1) is 0 Å². The van der Waals surface area contributed by atoms with Crippen molar-refractivity contribution in [1.29, 1.82) is 0 Å². The third-order valence-electron chi connectivity index (χ3n) is 3.31. The monoisotopic (exact) mass is 259 g/mol. The molecule has 2 aromatic rings. The van der Waals surface area contributed by atoms with Crippen LogP contribution in [0.15, 0.2) is 28.9 Å². The Hall–Kier alpha value is -1.77. The van der Waals surface area contributed by atoms with Crippen LogP contribution in [0.3, 0.4) is 0 Å². The van der Waals surface area contributed by atoms with E-state index in [0.717, 1.165) is 18.4 Å². The molecule has 0 saturated carbocycles. The molecule has 0 spiro atoms. The maximum Gasteiger partial charge on any atom is 0.216 e. The Kier molecular flexibility index (Phi) is 4.61. The second kappa shape index (κ2) is 6.41. The van der Waals surface area contributed by atoms with Gasteiger partial charge in [0, 0.05) is 18.9 Å². The molecule has 1 aromatic heterocycles. The molecule has 102 valence electrons. The molecule has 1 amide bonds.